The second-order valence-corrected chi connectivity index (χ2v) is 25.9. The number of unbranched alkanes of at least 4 members (excludes halogenated alkanes) is 1. The van der Waals surface area contributed by atoms with Gasteiger partial charge in [-0.25, -0.2) is 0 Å². The predicted molar refractivity (Wildman–Crippen MR) is 399 cm³/mol. The first-order chi connectivity index (χ1) is 54.1. The van der Waals surface area contributed by atoms with Crippen molar-refractivity contribution in [3.63, 3.8) is 0 Å². The van der Waals surface area contributed by atoms with Gasteiger partial charge in [0.05, 0.1) is 74.9 Å². The normalized spacial score (nSPS) is 10.5. The Morgan fingerprint density at radius 1 is 0.370 bits per heavy atom. The molecule has 1 aliphatic carbocycles. The Morgan fingerprint density at radius 2 is 0.689 bits per heavy atom. The number of nitrogens with one attached hydrogen (secondary N) is 5. The Labute approximate surface area is 760 Å². The number of hydrogen-bond acceptors (Lipinski definition) is 18. The van der Waals surface area contributed by atoms with Gasteiger partial charge in [-0.1, -0.05) is 82.0 Å². The Balaban J connectivity index is 0. The van der Waals surface area contributed by atoms with Crippen LogP contribution in [0.15, 0.2) is 230 Å². The van der Waals surface area contributed by atoms with Crippen LogP contribution in [-0.2, 0) is 74.5 Å². The van der Waals surface area contributed by atoms with Crippen molar-refractivity contribution in [2.45, 2.75) is 124 Å². The molecule has 37 heteroatoms. The topological polar surface area (TPSA) is 430 Å². The van der Waals surface area contributed by atoms with Gasteiger partial charge in [0.25, 0.3) is 35.4 Å². The van der Waals surface area contributed by atoms with Gasteiger partial charge >= 0.3 is 0 Å². The standard InChI is InChI=1S/C16H16N2O3.C14H11BrN2O3.C14H18N2O3.C14H12N2O3.2C12H16N2O3.6BrH/c1-2-12-5-7-14(8-6-12)17-15(19)11-18-9-3-4-13(10-18)16(20)21;15-11-5-1-2-6-12(11)16-13(18)9-17-7-3-4-10(8-17)14(19)20;2*17-13(15-12-6-2-1-3-7-12)10-16-8-4-5-11(9-16)14(18)19;1-3-14(4-2)11(15)9-13-7-5-6-10(8-13)12(16)17;1-2-3-6-13-11(15)9-14-7-4-5-10(8-14)12(16)17;;;;;;/h3-10H,2,11H2,1H3,(H-,17,19,20,21);1-8H,9H2,(H-,16,18,19,20);4-5,8-9,12H,1-3,6-7,10H2,(H-,15,17,18,19);1-9H,10H2,(H-,15,17,18,19);5-8H,3-4,9H2,1-2H3;4-5,7-8H,2-3,6,9H2,1H3,(H-,13,15,16,17);6*1H/p-6. The lowest BCUT2D eigenvalue weighted by Crippen LogP contribution is -3.00. The van der Waals surface area contributed by atoms with Gasteiger partial charge in [0, 0.05) is 77.9 Å². The minimum absolute atomic E-state index is 0. The SMILES string of the molecule is CCCCNC(=O)C[n+]1cccc(C(=O)[O-])c1.CCN(CC)C(=O)C[n+]1cccc(C(=O)[O-])c1.CCc1ccc(NC(=O)C[n+]2cccc(C(=O)[O-])c2)cc1.O=C(C[n+]1cccc(C(=O)[O-])c1)NC1CCCCC1.O=C(C[n+]1cccc(C(=O)[O-])c1)Nc1ccccc1.O=C(C[n+]1cccc(C(=O)[O-])c1)Nc1ccccc1Br.[Br-].[Br-].[Br-].[Br-].[Br-].[Br-]. The van der Waals surface area contributed by atoms with Gasteiger partial charge in [-0.3, -0.25) is 28.8 Å². The zero-order valence-electron chi connectivity index (χ0n) is 65.1. The number of para-hydroxylation sites is 2. The second-order valence-electron chi connectivity index (χ2n) is 25.0. The van der Waals surface area contributed by atoms with Crippen molar-refractivity contribution < 1.29 is 217 Å². The van der Waals surface area contributed by atoms with Crippen molar-refractivity contribution in [3.05, 3.63) is 269 Å². The van der Waals surface area contributed by atoms with E-state index in [2.05, 4.69) is 49.4 Å². The van der Waals surface area contributed by atoms with Gasteiger partial charge in [0.2, 0.25) is 39.3 Å². The van der Waals surface area contributed by atoms with Crippen LogP contribution in [0.4, 0.5) is 17.1 Å². The number of carbonyl (C=O) groups is 12. The van der Waals surface area contributed by atoms with E-state index < -0.39 is 35.8 Å². The Bertz CT molecular complexity index is 4730. The van der Waals surface area contributed by atoms with Crippen LogP contribution in [0.1, 0.15) is 140 Å². The summed E-state index contributed by atoms with van der Waals surface area (Å²) in [7, 11) is 0. The molecule has 10 rings (SSSR count). The molecule has 0 atom stereocenters. The van der Waals surface area contributed by atoms with Crippen molar-refractivity contribution in [1.82, 2.24) is 15.5 Å². The van der Waals surface area contributed by atoms with Gasteiger partial charge in [-0.05, 0) is 134 Å². The summed E-state index contributed by atoms with van der Waals surface area (Å²) in [5.41, 5.74) is 3.59. The number of aromatic carboxylic acids is 6. The van der Waals surface area contributed by atoms with Crippen molar-refractivity contribution in [1.29, 1.82) is 0 Å². The number of halogens is 7. The van der Waals surface area contributed by atoms with Crippen molar-refractivity contribution >= 4 is 104 Å². The van der Waals surface area contributed by atoms with Gasteiger partial charge in [0.15, 0.2) is 74.4 Å². The first-order valence-corrected chi connectivity index (χ1v) is 36.8. The fourth-order valence-electron chi connectivity index (χ4n) is 10.6. The Morgan fingerprint density at radius 3 is 1.03 bits per heavy atom. The number of rotatable bonds is 28. The van der Waals surface area contributed by atoms with Crippen LogP contribution in [0.2, 0.25) is 0 Å². The van der Waals surface area contributed by atoms with Crippen molar-refractivity contribution in [2.24, 2.45) is 0 Å². The third kappa shape index (κ3) is 43.7. The number of pyridine rings is 6. The number of likely N-dealkylation sites (N-methyl/N-ethyl adjacent to an activating group) is 1. The van der Waals surface area contributed by atoms with E-state index in [1.54, 1.807) is 106 Å². The molecule has 6 heterocycles. The van der Waals surface area contributed by atoms with E-state index in [4.69, 9.17) is 0 Å². The second kappa shape index (κ2) is 60.9. The number of amides is 6. The summed E-state index contributed by atoms with van der Waals surface area (Å²) in [5, 5.41) is 78.2. The summed E-state index contributed by atoms with van der Waals surface area (Å²) in [6.45, 7) is 10.4. The first kappa shape index (κ1) is 111. The summed E-state index contributed by atoms with van der Waals surface area (Å²) in [4.78, 5) is 137. The van der Waals surface area contributed by atoms with E-state index in [0.717, 1.165) is 49.4 Å². The van der Waals surface area contributed by atoms with Crippen LogP contribution in [0.25, 0.3) is 0 Å². The number of carboxylic acid groups (broad SMARTS) is 6. The van der Waals surface area contributed by atoms with Crippen molar-refractivity contribution in [2.75, 3.05) is 35.6 Å². The molecule has 0 unspecified atom stereocenters. The molecule has 1 fully saturated rings. The highest BCUT2D eigenvalue weighted by Crippen LogP contribution is 2.21. The molecular weight excluding hydrogens is 2000 g/mol. The molecule has 0 bridgehead atoms. The maximum atomic E-state index is 11.9. The van der Waals surface area contributed by atoms with Crippen LogP contribution in [0.3, 0.4) is 0 Å². The van der Waals surface area contributed by atoms with E-state index in [0.29, 0.717) is 36.7 Å². The van der Waals surface area contributed by atoms with Crippen molar-refractivity contribution in [3.8, 4) is 0 Å². The Hall–Kier alpha value is -10.4. The fraction of sp³-hybridized carbons (Fsp3) is 0.268. The number of benzene rings is 3. The summed E-state index contributed by atoms with van der Waals surface area (Å²) >= 11 is 3.33. The molecule has 119 heavy (non-hydrogen) atoms. The number of aromatic nitrogens is 6. The summed E-state index contributed by atoms with van der Waals surface area (Å²) in [6.07, 6.45) is 26.7. The van der Waals surface area contributed by atoms with Gasteiger partial charge in [-0.15, -0.1) is 0 Å². The molecular formula is C82H89Br7N12O18-6. The third-order valence-corrected chi connectivity index (χ3v) is 17.0. The number of carbonyl (C=O) groups excluding carboxylic acids is 12. The zero-order chi connectivity index (χ0) is 82.6. The van der Waals surface area contributed by atoms with Gasteiger partial charge in [0.1, 0.15) is 0 Å². The predicted octanol–water partition coefficient (Wildman–Crippen LogP) is -18.5. The molecule has 1 aliphatic rings. The molecule has 5 N–H and O–H groups in total. The first-order valence-electron chi connectivity index (χ1n) is 36.0. The van der Waals surface area contributed by atoms with Crippen LogP contribution < -0.4 is 187 Å². The van der Waals surface area contributed by atoms with Crippen LogP contribution in [-0.4, -0.2) is 102 Å². The molecule has 6 amide bonds. The molecule has 3 aromatic carbocycles. The highest BCUT2D eigenvalue weighted by atomic mass is 79.9. The zero-order valence-corrected chi connectivity index (χ0v) is 76.2. The maximum absolute atomic E-state index is 11.9. The van der Waals surface area contributed by atoms with E-state index in [-0.39, 0.29) is 216 Å². The molecule has 0 saturated heterocycles. The molecule has 1 saturated carbocycles. The number of carboxylic acids is 6. The molecule has 30 nitrogen and oxygen atoms in total. The fourth-order valence-corrected chi connectivity index (χ4v) is 11.0. The molecule has 0 spiro atoms. The number of nitrogens with zero attached hydrogens (tertiary/aromatic N) is 7. The highest BCUT2D eigenvalue weighted by molar-refractivity contribution is 9.10. The summed E-state index contributed by atoms with van der Waals surface area (Å²) in [5.74, 6) is -8.46. The van der Waals surface area contributed by atoms with Crippen LogP contribution in [0.5, 0.6) is 0 Å². The quantitative estimate of drug-likeness (QED) is 0.0225. The highest BCUT2D eigenvalue weighted by Gasteiger charge is 2.21. The number of aryl methyl sites for hydroxylation is 1. The van der Waals surface area contributed by atoms with Gasteiger partial charge in [-0.2, -0.15) is 27.4 Å². The minimum atomic E-state index is -1.27. The average Bonchev–Trinajstić information content (AvgIpc) is 0.885. The lowest BCUT2D eigenvalue weighted by Gasteiger charge is -2.21. The molecule has 6 aromatic heterocycles. The van der Waals surface area contributed by atoms with E-state index >= 15 is 0 Å². The number of anilines is 3. The molecule has 9 aromatic rings. The summed E-state index contributed by atoms with van der Waals surface area (Å²) < 4.78 is 9.88. The van der Waals surface area contributed by atoms with Crippen LogP contribution in [0, 0.1) is 0 Å². The lowest BCUT2D eigenvalue weighted by atomic mass is 9.95. The molecule has 0 aliphatic heterocycles. The maximum Gasteiger partial charge on any atom is 0.290 e. The van der Waals surface area contributed by atoms with Crippen LogP contribution >= 0.6 is 15.9 Å². The minimum Gasteiger partial charge on any atom is -1.00 e. The Kier molecular flexibility index (Phi) is 56.6. The smallest absolute Gasteiger partial charge is 0.290 e. The van der Waals surface area contributed by atoms with Gasteiger partial charge < -0.3 is 193 Å². The van der Waals surface area contributed by atoms with E-state index in [9.17, 15) is 88.2 Å². The largest absolute Gasteiger partial charge is 1.00 e. The summed E-state index contributed by atoms with van der Waals surface area (Å²) in [6, 6.07) is 42.2. The molecule has 640 valence electrons. The average molecular weight is 2090 g/mol. The van der Waals surface area contributed by atoms with E-state index in [1.165, 1.54) is 104 Å². The van der Waals surface area contributed by atoms with E-state index in [1.807, 2.05) is 81.4 Å². The lowest BCUT2D eigenvalue weighted by molar-refractivity contribution is -0.685. The molecule has 0 radical (unpaired) electrons. The third-order valence-electron chi connectivity index (χ3n) is 16.3. The monoisotopic (exact) mass is 2080 g/mol. The number of hydrogen-bond donors (Lipinski definition) is 5.